The monoisotopic (exact) mass is 210 g/mol. The third kappa shape index (κ3) is 3.33. The second kappa shape index (κ2) is 4.95. The van der Waals surface area contributed by atoms with Gasteiger partial charge >= 0.3 is 0 Å². The van der Waals surface area contributed by atoms with Gasteiger partial charge in [-0.05, 0) is 13.0 Å². The first-order valence-electron chi connectivity index (χ1n) is 4.36. The van der Waals surface area contributed by atoms with Crippen molar-refractivity contribution in [2.45, 2.75) is 19.0 Å². The highest BCUT2D eigenvalue weighted by molar-refractivity contribution is 7.99. The molecule has 0 aliphatic carbocycles. The summed E-state index contributed by atoms with van der Waals surface area (Å²) < 4.78 is 0. The lowest BCUT2D eigenvalue weighted by atomic mass is 10.2. The molecule has 0 aliphatic heterocycles. The van der Waals surface area contributed by atoms with Crippen molar-refractivity contribution >= 4 is 17.6 Å². The van der Waals surface area contributed by atoms with Gasteiger partial charge in [0, 0.05) is 23.6 Å². The molecule has 1 atom stereocenters. The van der Waals surface area contributed by atoms with Crippen molar-refractivity contribution in [3.8, 4) is 0 Å². The van der Waals surface area contributed by atoms with E-state index in [1.165, 1.54) is 11.8 Å². The summed E-state index contributed by atoms with van der Waals surface area (Å²) in [5.74, 6) is 1.04. The summed E-state index contributed by atoms with van der Waals surface area (Å²) in [5, 5.41) is 7.98. The first-order chi connectivity index (χ1) is 6.59. The molecule has 0 saturated heterocycles. The van der Waals surface area contributed by atoms with E-state index in [1.807, 2.05) is 19.9 Å². The third-order valence-electron chi connectivity index (χ3n) is 1.77. The molecule has 0 spiro atoms. The quantitative estimate of drug-likeness (QED) is 0.341. The molecular formula is C9H14N4S. The molecule has 0 radical (unpaired) electrons. The Balaban J connectivity index is 2.49. The van der Waals surface area contributed by atoms with Crippen LogP contribution in [0.2, 0.25) is 0 Å². The fraction of sp³-hybridized carbons (Fsp3) is 0.444. The molecule has 14 heavy (non-hydrogen) atoms. The summed E-state index contributed by atoms with van der Waals surface area (Å²) >= 11 is 1.53. The topological polar surface area (TPSA) is 75.7 Å². The van der Waals surface area contributed by atoms with E-state index in [0.717, 1.165) is 16.6 Å². The Morgan fingerprint density at radius 2 is 2.43 bits per heavy atom. The minimum Gasteiger partial charge on any atom is -0.387 e. The van der Waals surface area contributed by atoms with Crippen LogP contribution in [0.4, 0.5) is 0 Å². The average molecular weight is 210 g/mol. The van der Waals surface area contributed by atoms with E-state index in [2.05, 4.69) is 9.97 Å². The van der Waals surface area contributed by atoms with Gasteiger partial charge in [-0.1, -0.05) is 18.7 Å². The van der Waals surface area contributed by atoms with Crippen LogP contribution < -0.4 is 5.73 Å². The number of nitrogens with zero attached hydrogens (tertiary/aromatic N) is 2. The maximum Gasteiger partial charge on any atom is 0.187 e. The van der Waals surface area contributed by atoms with Crippen molar-refractivity contribution in [2.24, 2.45) is 11.7 Å². The van der Waals surface area contributed by atoms with Gasteiger partial charge in [-0.25, -0.2) is 9.97 Å². The van der Waals surface area contributed by atoms with Gasteiger partial charge in [0.25, 0.3) is 0 Å². The van der Waals surface area contributed by atoms with Gasteiger partial charge in [0.05, 0.1) is 5.84 Å². The minimum absolute atomic E-state index is 0.0733. The van der Waals surface area contributed by atoms with E-state index in [-0.39, 0.29) is 11.8 Å². The van der Waals surface area contributed by atoms with E-state index in [4.69, 9.17) is 11.1 Å². The molecule has 4 nitrogen and oxygen atoms in total. The summed E-state index contributed by atoms with van der Waals surface area (Å²) in [5.41, 5.74) is 6.32. The van der Waals surface area contributed by atoms with Crippen molar-refractivity contribution in [3.63, 3.8) is 0 Å². The van der Waals surface area contributed by atoms with Crippen molar-refractivity contribution in [3.05, 3.63) is 18.0 Å². The number of rotatable bonds is 4. The van der Waals surface area contributed by atoms with Gasteiger partial charge in [-0.15, -0.1) is 0 Å². The number of amidine groups is 1. The number of aromatic nitrogens is 2. The van der Waals surface area contributed by atoms with Crippen LogP contribution in [0, 0.1) is 18.3 Å². The molecule has 1 rings (SSSR count). The summed E-state index contributed by atoms with van der Waals surface area (Å²) in [4.78, 5) is 8.36. The van der Waals surface area contributed by atoms with Crippen LogP contribution in [0.3, 0.4) is 0 Å². The fourth-order valence-electron chi connectivity index (χ4n) is 0.785. The largest absolute Gasteiger partial charge is 0.387 e. The van der Waals surface area contributed by atoms with Crippen molar-refractivity contribution in [1.82, 2.24) is 9.97 Å². The van der Waals surface area contributed by atoms with E-state index < -0.39 is 0 Å². The van der Waals surface area contributed by atoms with Crippen LogP contribution in [0.15, 0.2) is 17.4 Å². The second-order valence-corrected chi connectivity index (χ2v) is 4.14. The van der Waals surface area contributed by atoms with Gasteiger partial charge in [0.15, 0.2) is 5.16 Å². The lowest BCUT2D eigenvalue weighted by molar-refractivity contribution is 0.867. The van der Waals surface area contributed by atoms with Gasteiger partial charge in [-0.3, -0.25) is 5.41 Å². The highest BCUT2D eigenvalue weighted by Gasteiger charge is 2.07. The molecule has 1 unspecified atom stereocenters. The number of hydrogen-bond donors (Lipinski definition) is 2. The van der Waals surface area contributed by atoms with Crippen molar-refractivity contribution in [1.29, 1.82) is 5.41 Å². The molecule has 5 heteroatoms. The highest BCUT2D eigenvalue weighted by atomic mass is 32.2. The molecule has 1 heterocycles. The summed E-state index contributed by atoms with van der Waals surface area (Å²) in [6.07, 6.45) is 1.74. The minimum atomic E-state index is 0.0733. The third-order valence-corrected chi connectivity index (χ3v) is 2.89. The lowest BCUT2D eigenvalue weighted by Crippen LogP contribution is -2.21. The molecule has 0 bridgehead atoms. The lowest BCUT2D eigenvalue weighted by Gasteiger charge is -2.07. The molecule has 1 aromatic heterocycles. The first-order valence-corrected chi connectivity index (χ1v) is 5.34. The smallest absolute Gasteiger partial charge is 0.187 e. The van der Waals surface area contributed by atoms with Crippen LogP contribution in [0.1, 0.15) is 12.6 Å². The number of hydrogen-bond acceptors (Lipinski definition) is 4. The summed E-state index contributed by atoms with van der Waals surface area (Å²) in [7, 11) is 0. The standard InChI is InChI=1S/C9H14N4S/c1-6(8(10)11)5-14-9-12-4-3-7(2)13-9/h3-4,6H,5H2,1-2H3,(H3,10,11). The second-order valence-electron chi connectivity index (χ2n) is 3.15. The van der Waals surface area contributed by atoms with Crippen LogP contribution in [0.5, 0.6) is 0 Å². The Morgan fingerprint density at radius 1 is 1.71 bits per heavy atom. The first kappa shape index (κ1) is 11.0. The molecule has 1 aromatic rings. The molecule has 0 aromatic carbocycles. The number of thioether (sulfide) groups is 1. The summed E-state index contributed by atoms with van der Waals surface area (Å²) in [6.45, 7) is 3.85. The SMILES string of the molecule is Cc1ccnc(SCC(C)C(=N)N)n1. The molecule has 0 fully saturated rings. The van der Waals surface area contributed by atoms with E-state index in [0.29, 0.717) is 0 Å². The molecule has 0 aliphatic rings. The molecule has 76 valence electrons. The Bertz CT molecular complexity index is 326. The fourth-order valence-corrected chi connectivity index (χ4v) is 1.71. The number of nitrogens with two attached hydrogens (primary N) is 1. The van der Waals surface area contributed by atoms with Crippen LogP contribution in [-0.4, -0.2) is 21.6 Å². The van der Waals surface area contributed by atoms with E-state index in [1.54, 1.807) is 6.20 Å². The average Bonchev–Trinajstić information content (AvgIpc) is 2.14. The summed E-state index contributed by atoms with van der Waals surface area (Å²) in [6, 6.07) is 1.86. The Morgan fingerprint density at radius 3 is 3.00 bits per heavy atom. The molecular weight excluding hydrogens is 196 g/mol. The zero-order valence-corrected chi connectivity index (χ0v) is 9.14. The molecule has 0 saturated carbocycles. The van der Waals surface area contributed by atoms with Gasteiger partial charge < -0.3 is 5.73 Å². The number of aryl methyl sites for hydroxylation is 1. The predicted molar refractivity (Wildman–Crippen MR) is 58.6 cm³/mol. The Labute approximate surface area is 87.8 Å². The zero-order valence-electron chi connectivity index (χ0n) is 8.32. The maximum atomic E-state index is 7.23. The van der Waals surface area contributed by atoms with Gasteiger partial charge in [0.1, 0.15) is 0 Å². The van der Waals surface area contributed by atoms with E-state index >= 15 is 0 Å². The highest BCUT2D eigenvalue weighted by Crippen LogP contribution is 2.15. The van der Waals surface area contributed by atoms with Gasteiger partial charge in [0.2, 0.25) is 0 Å². The maximum absolute atomic E-state index is 7.23. The predicted octanol–water partition coefficient (Wildman–Crippen LogP) is 1.45. The normalized spacial score (nSPS) is 12.4. The Kier molecular flexibility index (Phi) is 3.88. The van der Waals surface area contributed by atoms with Crippen LogP contribution in [-0.2, 0) is 0 Å². The molecule has 3 N–H and O–H groups in total. The van der Waals surface area contributed by atoms with Gasteiger partial charge in [-0.2, -0.15) is 0 Å². The van der Waals surface area contributed by atoms with Crippen LogP contribution >= 0.6 is 11.8 Å². The van der Waals surface area contributed by atoms with E-state index in [9.17, 15) is 0 Å². The van der Waals surface area contributed by atoms with Crippen molar-refractivity contribution in [2.75, 3.05) is 5.75 Å². The zero-order chi connectivity index (χ0) is 10.6. The Hall–Kier alpha value is -1.10. The number of nitrogens with one attached hydrogen (secondary N) is 1. The van der Waals surface area contributed by atoms with Crippen LogP contribution in [0.25, 0.3) is 0 Å². The van der Waals surface area contributed by atoms with Crippen molar-refractivity contribution < 1.29 is 0 Å². The molecule has 0 amide bonds.